The van der Waals surface area contributed by atoms with E-state index in [1.54, 1.807) is 0 Å². The standard InChI is InChI=1S/C22H29O4P/c1-3-25-27(23,26-4-2)17-22(19-13-14-19)20-11-8-12-21(15-20)24-16-18-9-6-5-7-10-18/h5-12,15,19,22H,3-4,13-14,16-17H2,1-2H3. The number of ether oxygens (including phenoxy) is 1. The molecule has 1 aliphatic carbocycles. The zero-order valence-electron chi connectivity index (χ0n) is 16.2. The van der Waals surface area contributed by atoms with E-state index in [4.69, 9.17) is 13.8 Å². The van der Waals surface area contributed by atoms with E-state index in [0.717, 1.165) is 29.7 Å². The highest BCUT2D eigenvalue weighted by atomic mass is 31.2. The molecule has 3 rings (SSSR count). The molecule has 1 aliphatic rings. The molecule has 1 fully saturated rings. The Morgan fingerprint density at radius 1 is 1.00 bits per heavy atom. The second-order valence-electron chi connectivity index (χ2n) is 6.92. The van der Waals surface area contributed by atoms with Crippen molar-refractivity contribution in [2.75, 3.05) is 19.4 Å². The van der Waals surface area contributed by atoms with Crippen LogP contribution in [0.25, 0.3) is 0 Å². The summed E-state index contributed by atoms with van der Waals surface area (Å²) in [4.78, 5) is 0. The maximum Gasteiger partial charge on any atom is 0.331 e. The van der Waals surface area contributed by atoms with Crippen LogP contribution in [-0.2, 0) is 20.2 Å². The van der Waals surface area contributed by atoms with E-state index >= 15 is 0 Å². The van der Waals surface area contributed by atoms with Crippen molar-refractivity contribution in [3.05, 3.63) is 65.7 Å². The summed E-state index contributed by atoms with van der Waals surface area (Å²) in [5, 5.41) is 0. The molecule has 0 amide bonds. The Bertz CT molecular complexity index is 748. The third-order valence-electron chi connectivity index (χ3n) is 4.80. The van der Waals surface area contributed by atoms with Gasteiger partial charge in [0.1, 0.15) is 12.4 Å². The Hall–Kier alpha value is -1.61. The molecule has 0 aliphatic heterocycles. The van der Waals surface area contributed by atoms with Crippen LogP contribution in [0.4, 0.5) is 0 Å². The van der Waals surface area contributed by atoms with Crippen molar-refractivity contribution in [2.45, 2.75) is 39.2 Å². The molecule has 5 heteroatoms. The lowest BCUT2D eigenvalue weighted by Crippen LogP contribution is -2.11. The lowest BCUT2D eigenvalue weighted by molar-refractivity contribution is 0.217. The maximum absolute atomic E-state index is 13.0. The molecule has 146 valence electrons. The quantitative estimate of drug-likeness (QED) is 0.441. The minimum atomic E-state index is -3.07. The summed E-state index contributed by atoms with van der Waals surface area (Å²) in [6.45, 7) is 5.05. The van der Waals surface area contributed by atoms with Crippen LogP contribution in [0.15, 0.2) is 54.6 Å². The summed E-state index contributed by atoms with van der Waals surface area (Å²) >= 11 is 0. The van der Waals surface area contributed by atoms with Gasteiger partial charge in [0.05, 0.1) is 19.4 Å². The fourth-order valence-corrected chi connectivity index (χ4v) is 5.44. The first kappa shape index (κ1) is 20.1. The highest BCUT2D eigenvalue weighted by molar-refractivity contribution is 7.53. The molecule has 2 aromatic rings. The summed E-state index contributed by atoms with van der Waals surface area (Å²) in [7, 11) is -3.07. The normalized spacial score (nSPS) is 15.5. The third-order valence-corrected chi connectivity index (χ3v) is 6.94. The van der Waals surface area contributed by atoms with Crippen molar-refractivity contribution in [1.29, 1.82) is 0 Å². The van der Waals surface area contributed by atoms with Gasteiger partial charge in [-0.3, -0.25) is 4.57 Å². The Labute approximate surface area is 162 Å². The molecule has 2 aromatic carbocycles. The van der Waals surface area contributed by atoms with Gasteiger partial charge < -0.3 is 13.8 Å². The van der Waals surface area contributed by atoms with E-state index < -0.39 is 7.60 Å². The van der Waals surface area contributed by atoms with Gasteiger partial charge in [-0.1, -0.05) is 42.5 Å². The summed E-state index contributed by atoms with van der Waals surface area (Å²) in [6, 6.07) is 18.3. The molecule has 4 nitrogen and oxygen atoms in total. The molecule has 0 spiro atoms. The highest BCUT2D eigenvalue weighted by Gasteiger charge is 2.38. The van der Waals surface area contributed by atoms with E-state index in [1.807, 2.05) is 44.2 Å². The molecule has 0 radical (unpaired) electrons. The zero-order valence-corrected chi connectivity index (χ0v) is 17.1. The number of hydrogen-bond donors (Lipinski definition) is 0. The first-order valence-corrected chi connectivity index (χ1v) is 11.5. The van der Waals surface area contributed by atoms with E-state index in [2.05, 4.69) is 24.3 Å². The van der Waals surface area contributed by atoms with Crippen LogP contribution in [0.3, 0.4) is 0 Å². The largest absolute Gasteiger partial charge is 0.489 e. The first-order valence-electron chi connectivity index (χ1n) is 9.78. The lowest BCUT2D eigenvalue weighted by atomic mass is 9.96. The van der Waals surface area contributed by atoms with Crippen molar-refractivity contribution in [2.24, 2.45) is 5.92 Å². The number of benzene rings is 2. The SMILES string of the molecule is CCOP(=O)(CC(c1cccc(OCc2ccccc2)c1)C1CC1)OCC. The molecule has 1 saturated carbocycles. The molecular weight excluding hydrogens is 359 g/mol. The van der Waals surface area contributed by atoms with Gasteiger partial charge in [-0.2, -0.15) is 0 Å². The van der Waals surface area contributed by atoms with Crippen LogP contribution in [0, 0.1) is 5.92 Å². The fraction of sp³-hybridized carbons (Fsp3) is 0.455. The van der Waals surface area contributed by atoms with Crippen molar-refractivity contribution >= 4 is 7.60 Å². The Kier molecular flexibility index (Phi) is 7.12. The second kappa shape index (κ2) is 9.54. The van der Waals surface area contributed by atoms with Crippen LogP contribution in [0.1, 0.15) is 43.7 Å². The number of rotatable bonds is 11. The van der Waals surface area contributed by atoms with Gasteiger partial charge >= 0.3 is 7.60 Å². The lowest BCUT2D eigenvalue weighted by Gasteiger charge is -2.24. The van der Waals surface area contributed by atoms with Crippen LogP contribution >= 0.6 is 7.60 Å². The van der Waals surface area contributed by atoms with Crippen LogP contribution in [0.2, 0.25) is 0 Å². The van der Waals surface area contributed by atoms with E-state index in [-0.39, 0.29) is 5.92 Å². The number of hydrogen-bond acceptors (Lipinski definition) is 4. The van der Waals surface area contributed by atoms with Gasteiger partial charge in [0.2, 0.25) is 0 Å². The summed E-state index contributed by atoms with van der Waals surface area (Å²) < 4.78 is 30.1. The molecular formula is C22H29O4P. The van der Waals surface area contributed by atoms with E-state index in [1.165, 1.54) is 0 Å². The summed E-state index contributed by atoms with van der Waals surface area (Å²) in [6.07, 6.45) is 2.76. The first-order chi connectivity index (χ1) is 13.1. The summed E-state index contributed by atoms with van der Waals surface area (Å²) in [5.74, 6) is 1.56. The molecule has 0 bridgehead atoms. The fourth-order valence-electron chi connectivity index (χ4n) is 3.38. The Morgan fingerprint density at radius 3 is 2.33 bits per heavy atom. The van der Waals surface area contributed by atoms with Crippen LogP contribution in [0.5, 0.6) is 5.75 Å². The average molecular weight is 388 g/mol. The monoisotopic (exact) mass is 388 g/mol. The average Bonchev–Trinajstić information content (AvgIpc) is 3.51. The van der Waals surface area contributed by atoms with Crippen LogP contribution < -0.4 is 4.74 Å². The van der Waals surface area contributed by atoms with Gasteiger partial charge in [0, 0.05) is 0 Å². The van der Waals surface area contributed by atoms with Gasteiger partial charge in [0.15, 0.2) is 0 Å². The minimum absolute atomic E-state index is 0.175. The Balaban J connectivity index is 1.73. The summed E-state index contributed by atoms with van der Waals surface area (Å²) in [5.41, 5.74) is 2.29. The molecule has 0 N–H and O–H groups in total. The Morgan fingerprint density at radius 2 is 1.70 bits per heavy atom. The highest BCUT2D eigenvalue weighted by Crippen LogP contribution is 2.56. The van der Waals surface area contributed by atoms with Gasteiger partial charge in [-0.25, -0.2) is 0 Å². The smallest absolute Gasteiger partial charge is 0.331 e. The molecule has 0 saturated heterocycles. The third kappa shape index (κ3) is 5.93. The van der Waals surface area contributed by atoms with Gasteiger partial charge in [-0.05, 0) is 61.8 Å². The van der Waals surface area contributed by atoms with Crippen molar-refractivity contribution in [3.63, 3.8) is 0 Å². The maximum atomic E-state index is 13.0. The van der Waals surface area contributed by atoms with Crippen molar-refractivity contribution in [1.82, 2.24) is 0 Å². The molecule has 0 heterocycles. The second-order valence-corrected chi connectivity index (χ2v) is 9.02. The minimum Gasteiger partial charge on any atom is -0.489 e. The molecule has 1 atom stereocenters. The zero-order chi connectivity index (χ0) is 19.1. The van der Waals surface area contributed by atoms with E-state index in [0.29, 0.717) is 31.9 Å². The van der Waals surface area contributed by atoms with Crippen molar-refractivity contribution in [3.8, 4) is 5.75 Å². The van der Waals surface area contributed by atoms with Gasteiger partial charge in [-0.15, -0.1) is 0 Å². The van der Waals surface area contributed by atoms with E-state index in [9.17, 15) is 4.57 Å². The predicted octanol–water partition coefficient (Wildman–Crippen LogP) is 6.03. The molecule has 0 aromatic heterocycles. The topological polar surface area (TPSA) is 44.8 Å². The van der Waals surface area contributed by atoms with Crippen LogP contribution in [-0.4, -0.2) is 19.4 Å². The van der Waals surface area contributed by atoms with Crippen molar-refractivity contribution < 1.29 is 18.3 Å². The molecule has 1 unspecified atom stereocenters. The molecule has 27 heavy (non-hydrogen) atoms. The van der Waals surface area contributed by atoms with Gasteiger partial charge in [0.25, 0.3) is 0 Å². The predicted molar refractivity (Wildman–Crippen MR) is 108 cm³/mol.